The molecule has 0 aliphatic heterocycles. The number of nitrogens with two attached hydrogens (primary N) is 1. The Kier molecular flexibility index (Phi) is 4.59. The molecule has 0 radical (unpaired) electrons. The molecule has 0 aromatic heterocycles. The number of hydrogen-bond donors (Lipinski definition) is 1. The Bertz CT molecular complexity index is 1260. The fourth-order valence-electron chi connectivity index (χ4n) is 4.37. The second-order valence-electron chi connectivity index (χ2n) is 9.29. The summed E-state index contributed by atoms with van der Waals surface area (Å²) in [6.07, 6.45) is 0.983. The lowest BCUT2D eigenvalue weighted by Gasteiger charge is -2.20. The van der Waals surface area contributed by atoms with E-state index in [1.54, 1.807) is 0 Å². The smallest absolute Gasteiger partial charge is 0.150 e. The number of hydrogen-bond acceptors (Lipinski definition) is 2. The minimum atomic E-state index is 0.0594. The molecule has 0 saturated carbocycles. The van der Waals surface area contributed by atoms with Gasteiger partial charge in [0.15, 0.2) is 0 Å². The van der Waals surface area contributed by atoms with Gasteiger partial charge in [-0.3, -0.25) is 0 Å². The van der Waals surface area contributed by atoms with E-state index >= 15 is 0 Å². The Hall–Kier alpha value is -3.52. The minimum Gasteiger partial charge on any atom is -0.455 e. The molecule has 2 N–H and O–H groups in total. The predicted octanol–water partition coefficient (Wildman–Crippen LogP) is 7.60. The maximum Gasteiger partial charge on any atom is 0.150 e. The Morgan fingerprint density at radius 1 is 0.742 bits per heavy atom. The van der Waals surface area contributed by atoms with Gasteiger partial charge in [0, 0.05) is 0 Å². The van der Waals surface area contributed by atoms with Gasteiger partial charge in [-0.1, -0.05) is 81.4 Å². The van der Waals surface area contributed by atoms with E-state index < -0.39 is 0 Å². The van der Waals surface area contributed by atoms with Crippen molar-refractivity contribution < 1.29 is 4.74 Å². The van der Waals surface area contributed by atoms with E-state index in [9.17, 15) is 0 Å². The lowest BCUT2D eigenvalue weighted by molar-refractivity contribution is 0.484. The third-order valence-corrected chi connectivity index (χ3v) is 6.12. The second-order valence-corrected chi connectivity index (χ2v) is 9.29. The molecule has 0 bridgehead atoms. The third kappa shape index (κ3) is 3.59. The molecule has 4 aromatic rings. The molecule has 0 fully saturated rings. The van der Waals surface area contributed by atoms with Gasteiger partial charge in [0.25, 0.3) is 0 Å². The van der Waals surface area contributed by atoms with Crippen LogP contribution >= 0.6 is 0 Å². The van der Waals surface area contributed by atoms with E-state index in [0.29, 0.717) is 11.4 Å². The van der Waals surface area contributed by atoms with Crippen LogP contribution in [-0.4, -0.2) is 0 Å². The molecule has 0 amide bonds. The van der Waals surface area contributed by atoms with Crippen LogP contribution < -0.4 is 10.5 Å². The van der Waals surface area contributed by atoms with Crippen molar-refractivity contribution in [2.45, 2.75) is 32.6 Å². The van der Waals surface area contributed by atoms with Crippen molar-refractivity contribution >= 4 is 5.69 Å². The summed E-state index contributed by atoms with van der Waals surface area (Å²) in [6.45, 7) is 6.54. The maximum atomic E-state index is 6.27. The van der Waals surface area contributed by atoms with Crippen molar-refractivity contribution in [1.29, 1.82) is 0 Å². The van der Waals surface area contributed by atoms with Crippen molar-refractivity contribution in [3.63, 3.8) is 0 Å². The Balaban J connectivity index is 1.41. The zero-order chi connectivity index (χ0) is 21.6. The largest absolute Gasteiger partial charge is 0.455 e. The van der Waals surface area contributed by atoms with Gasteiger partial charge in [-0.2, -0.15) is 0 Å². The van der Waals surface area contributed by atoms with E-state index in [4.69, 9.17) is 10.5 Å². The van der Waals surface area contributed by atoms with Gasteiger partial charge >= 0.3 is 0 Å². The van der Waals surface area contributed by atoms with Crippen LogP contribution in [0.4, 0.5) is 5.69 Å². The molecular formula is C29H27NO. The van der Waals surface area contributed by atoms with Crippen LogP contribution in [0.2, 0.25) is 0 Å². The average Bonchev–Trinajstić information content (AvgIpc) is 3.14. The van der Waals surface area contributed by atoms with Gasteiger partial charge in [-0.25, -0.2) is 0 Å². The Morgan fingerprint density at radius 3 is 2.19 bits per heavy atom. The quantitative estimate of drug-likeness (QED) is 0.314. The molecule has 5 rings (SSSR count). The molecule has 1 aliphatic carbocycles. The molecule has 2 heteroatoms. The van der Waals surface area contributed by atoms with E-state index in [0.717, 1.165) is 12.2 Å². The highest BCUT2D eigenvalue weighted by atomic mass is 16.5. The lowest BCUT2D eigenvalue weighted by Crippen LogP contribution is -2.11. The number of fused-ring (bicyclic) bond motifs is 3. The zero-order valence-electron chi connectivity index (χ0n) is 18.3. The normalized spacial score (nSPS) is 12.4. The molecular weight excluding hydrogens is 378 g/mol. The number of rotatable bonds is 3. The topological polar surface area (TPSA) is 35.2 Å². The summed E-state index contributed by atoms with van der Waals surface area (Å²) in [5.41, 5.74) is 16.2. The van der Waals surface area contributed by atoms with E-state index in [1.807, 2.05) is 24.3 Å². The molecule has 0 unspecified atom stereocenters. The highest BCUT2D eigenvalue weighted by Crippen LogP contribution is 2.42. The van der Waals surface area contributed by atoms with Gasteiger partial charge in [-0.05, 0) is 75.0 Å². The number of benzene rings is 4. The first-order chi connectivity index (χ1) is 14.9. The van der Waals surface area contributed by atoms with Gasteiger partial charge < -0.3 is 10.5 Å². The number of ether oxygens (including phenoxy) is 1. The summed E-state index contributed by atoms with van der Waals surface area (Å²) in [6, 6.07) is 29.6. The van der Waals surface area contributed by atoms with E-state index in [2.05, 4.69) is 81.4 Å². The van der Waals surface area contributed by atoms with Crippen LogP contribution in [0.25, 0.3) is 22.3 Å². The molecule has 2 nitrogen and oxygen atoms in total. The van der Waals surface area contributed by atoms with Crippen LogP contribution in [0.1, 0.15) is 37.5 Å². The van der Waals surface area contributed by atoms with Crippen molar-refractivity contribution in [2.75, 3.05) is 5.73 Å². The average molecular weight is 406 g/mol. The van der Waals surface area contributed by atoms with Crippen molar-refractivity contribution in [3.05, 3.63) is 102 Å². The zero-order valence-corrected chi connectivity index (χ0v) is 18.3. The summed E-state index contributed by atoms with van der Waals surface area (Å²) >= 11 is 0. The number of anilines is 1. The minimum absolute atomic E-state index is 0.0594. The maximum absolute atomic E-state index is 6.27. The molecule has 4 aromatic carbocycles. The molecule has 154 valence electrons. The van der Waals surface area contributed by atoms with Crippen molar-refractivity contribution in [1.82, 2.24) is 0 Å². The first-order valence-corrected chi connectivity index (χ1v) is 10.8. The van der Waals surface area contributed by atoms with Crippen LogP contribution in [0.5, 0.6) is 11.5 Å². The van der Waals surface area contributed by atoms with Gasteiger partial charge in [0.1, 0.15) is 11.5 Å². The standard InChI is InChI=1S/C29H27NO/c1-29(2,3)21-13-16-28(27(30)18-21)31-22-14-11-19(12-15-22)23-9-6-10-25-24-8-5-4-7-20(24)17-26(23)25/h4-16,18H,17,30H2,1-3H3. The van der Waals surface area contributed by atoms with E-state index in [1.165, 1.54) is 38.9 Å². The highest BCUT2D eigenvalue weighted by molar-refractivity contribution is 5.84. The van der Waals surface area contributed by atoms with E-state index in [-0.39, 0.29) is 5.41 Å². The lowest BCUT2D eigenvalue weighted by atomic mass is 9.87. The SMILES string of the molecule is CC(C)(C)c1ccc(Oc2ccc(-c3cccc4c3Cc3ccccc3-4)cc2)c(N)c1. The molecule has 1 aliphatic rings. The van der Waals surface area contributed by atoms with Gasteiger partial charge in [0.2, 0.25) is 0 Å². The summed E-state index contributed by atoms with van der Waals surface area (Å²) in [4.78, 5) is 0. The predicted molar refractivity (Wildman–Crippen MR) is 130 cm³/mol. The first kappa shape index (κ1) is 19.4. The van der Waals surface area contributed by atoms with Crippen molar-refractivity contribution in [3.8, 4) is 33.8 Å². The fraction of sp³-hybridized carbons (Fsp3) is 0.172. The summed E-state index contributed by atoms with van der Waals surface area (Å²) in [5, 5.41) is 0. The van der Waals surface area contributed by atoms with Crippen LogP contribution in [0, 0.1) is 0 Å². The third-order valence-electron chi connectivity index (χ3n) is 6.12. The van der Waals surface area contributed by atoms with Crippen molar-refractivity contribution in [2.24, 2.45) is 0 Å². The van der Waals surface area contributed by atoms with Gasteiger partial charge in [-0.15, -0.1) is 0 Å². The Labute approximate surface area is 184 Å². The molecule has 0 saturated heterocycles. The summed E-state index contributed by atoms with van der Waals surface area (Å²) in [5.74, 6) is 1.48. The first-order valence-electron chi connectivity index (χ1n) is 10.8. The fourth-order valence-corrected chi connectivity index (χ4v) is 4.37. The summed E-state index contributed by atoms with van der Waals surface area (Å²) < 4.78 is 6.09. The summed E-state index contributed by atoms with van der Waals surface area (Å²) in [7, 11) is 0. The molecule has 0 heterocycles. The van der Waals surface area contributed by atoms with Gasteiger partial charge in [0.05, 0.1) is 5.69 Å². The molecule has 0 spiro atoms. The molecule has 31 heavy (non-hydrogen) atoms. The van der Waals surface area contributed by atoms with Crippen LogP contribution in [-0.2, 0) is 11.8 Å². The monoisotopic (exact) mass is 405 g/mol. The van der Waals surface area contributed by atoms with Crippen LogP contribution in [0.3, 0.4) is 0 Å². The number of nitrogen functional groups attached to an aromatic ring is 1. The highest BCUT2D eigenvalue weighted by Gasteiger charge is 2.21. The Morgan fingerprint density at radius 2 is 1.45 bits per heavy atom. The molecule has 0 atom stereocenters. The van der Waals surface area contributed by atoms with Crippen LogP contribution in [0.15, 0.2) is 84.9 Å². The second kappa shape index (κ2) is 7.31.